The van der Waals surface area contributed by atoms with Gasteiger partial charge in [-0.2, -0.15) is 0 Å². The van der Waals surface area contributed by atoms with E-state index in [1.54, 1.807) is 38.3 Å². The molecule has 1 aromatic carbocycles. The zero-order chi connectivity index (χ0) is 32.5. The Balaban J connectivity index is 1.27. The van der Waals surface area contributed by atoms with Gasteiger partial charge in [0.05, 0.1) is 35.6 Å². The summed E-state index contributed by atoms with van der Waals surface area (Å²) >= 11 is 0. The van der Waals surface area contributed by atoms with Crippen LogP contribution in [0.5, 0.6) is 0 Å². The van der Waals surface area contributed by atoms with Gasteiger partial charge in [0.25, 0.3) is 5.56 Å². The van der Waals surface area contributed by atoms with E-state index in [1.165, 1.54) is 0 Å². The van der Waals surface area contributed by atoms with E-state index in [2.05, 4.69) is 10.6 Å². The smallest absolute Gasteiger partial charge is 0.408 e. The Bertz CT molecular complexity index is 1790. The fraction of sp³-hybridized carbons (Fsp3) is 0.406. The lowest BCUT2D eigenvalue weighted by atomic mass is 9.85. The third-order valence-electron chi connectivity index (χ3n) is 7.56. The number of amides is 2. The maximum absolute atomic E-state index is 13.6. The van der Waals surface area contributed by atoms with E-state index in [4.69, 9.17) is 19.2 Å². The van der Waals surface area contributed by atoms with Gasteiger partial charge in [-0.1, -0.05) is 25.1 Å². The fourth-order valence-corrected chi connectivity index (χ4v) is 5.40. The van der Waals surface area contributed by atoms with Crippen LogP contribution in [-0.2, 0) is 52.1 Å². The minimum Gasteiger partial charge on any atom is -0.457 e. The van der Waals surface area contributed by atoms with Crippen LogP contribution in [0.4, 0.5) is 4.79 Å². The Labute approximate surface area is 258 Å². The lowest BCUT2D eigenvalue weighted by Crippen LogP contribution is -2.48. The van der Waals surface area contributed by atoms with Gasteiger partial charge in [0, 0.05) is 29.4 Å². The summed E-state index contributed by atoms with van der Waals surface area (Å²) in [5.41, 5.74) is 0.131. The van der Waals surface area contributed by atoms with Crippen LogP contribution in [0.25, 0.3) is 22.3 Å². The molecule has 0 aliphatic carbocycles. The highest BCUT2D eigenvalue weighted by atomic mass is 16.6. The Morgan fingerprint density at radius 2 is 1.80 bits per heavy atom. The van der Waals surface area contributed by atoms with Crippen LogP contribution in [0.1, 0.15) is 63.6 Å². The number of pyridine rings is 2. The molecular formula is C32H34N4O9. The number of ketones is 1. The number of ether oxygens (including phenoxy) is 3. The summed E-state index contributed by atoms with van der Waals surface area (Å²) in [5.74, 6) is -2.78. The molecule has 2 N–H and O–H groups in total. The molecule has 0 spiro atoms. The molecule has 2 aromatic heterocycles. The maximum Gasteiger partial charge on any atom is 0.408 e. The average Bonchev–Trinajstić information content (AvgIpc) is 3.35. The highest BCUT2D eigenvalue weighted by molar-refractivity contribution is 5.91. The quantitative estimate of drug-likeness (QED) is 0.210. The third kappa shape index (κ3) is 6.42. The summed E-state index contributed by atoms with van der Waals surface area (Å²) in [6, 6.07) is 11.2. The van der Waals surface area contributed by atoms with Crippen LogP contribution in [0, 0.1) is 0 Å². The normalized spacial score (nSPS) is 16.6. The molecule has 45 heavy (non-hydrogen) atoms. The summed E-state index contributed by atoms with van der Waals surface area (Å²) in [5, 5.41) is 5.64. The van der Waals surface area contributed by atoms with E-state index in [0.717, 1.165) is 16.5 Å². The van der Waals surface area contributed by atoms with Gasteiger partial charge in [-0.15, -0.1) is 0 Å². The molecule has 2 aliphatic rings. The van der Waals surface area contributed by atoms with E-state index in [0.29, 0.717) is 17.9 Å². The first-order valence-electron chi connectivity index (χ1n) is 14.6. The number of carbonyl (C=O) groups is 5. The lowest BCUT2D eigenvalue weighted by molar-refractivity contribution is -0.189. The molecule has 0 radical (unpaired) electrons. The van der Waals surface area contributed by atoms with Gasteiger partial charge in [0.1, 0.15) is 18.8 Å². The second-order valence-electron chi connectivity index (χ2n) is 11.9. The van der Waals surface area contributed by atoms with Crippen molar-refractivity contribution in [3.8, 4) is 11.4 Å². The molecular weight excluding hydrogens is 584 g/mol. The van der Waals surface area contributed by atoms with Crippen molar-refractivity contribution in [1.82, 2.24) is 20.2 Å². The first-order chi connectivity index (χ1) is 21.3. The first-order valence-corrected chi connectivity index (χ1v) is 14.6. The minimum atomic E-state index is -1.91. The second-order valence-corrected chi connectivity index (χ2v) is 11.9. The number of rotatable bonds is 9. The number of Topliss-reactive ketones (excluding diaryl/α,β-unsaturated/α-hetero) is 1. The van der Waals surface area contributed by atoms with Gasteiger partial charge in [0.15, 0.2) is 5.78 Å². The average molecular weight is 619 g/mol. The molecule has 236 valence electrons. The Morgan fingerprint density at radius 3 is 2.53 bits per heavy atom. The van der Waals surface area contributed by atoms with Gasteiger partial charge in [0.2, 0.25) is 11.5 Å². The van der Waals surface area contributed by atoms with E-state index < -0.39 is 47.5 Å². The van der Waals surface area contributed by atoms with Crippen LogP contribution in [-0.4, -0.2) is 58.0 Å². The number of aromatic nitrogens is 2. The minimum absolute atomic E-state index is 0.0292. The zero-order valence-corrected chi connectivity index (χ0v) is 25.5. The van der Waals surface area contributed by atoms with Crippen LogP contribution < -0.4 is 16.2 Å². The van der Waals surface area contributed by atoms with Crippen molar-refractivity contribution in [2.24, 2.45) is 0 Å². The van der Waals surface area contributed by atoms with E-state index in [1.807, 2.05) is 30.3 Å². The molecule has 0 unspecified atom stereocenters. The molecule has 2 amide bonds. The number of esters is 2. The highest BCUT2D eigenvalue weighted by Crippen LogP contribution is 2.40. The molecule has 0 saturated carbocycles. The van der Waals surface area contributed by atoms with Crippen molar-refractivity contribution < 1.29 is 38.2 Å². The molecule has 5 rings (SSSR count). The maximum atomic E-state index is 13.6. The molecule has 0 bridgehead atoms. The Morgan fingerprint density at radius 1 is 1.04 bits per heavy atom. The number of carbonyl (C=O) groups excluding carboxylic acids is 5. The standard InChI is InChI=1S/C32H34N4O9/c1-5-32(44-26(39)15-33-25(38)11-10-20(37)14-34-30(42)45-31(2,3)4)22-13-24-27-19(12-18-8-6-7-9-23(18)35-27)16-36(24)28(40)21(22)17-43-29(32)41/h6-9,12-13H,5,10-11,14-17H2,1-4H3,(H,33,38)(H,34,42)/t32-/m0/s1. The molecule has 4 heterocycles. The van der Waals surface area contributed by atoms with Crippen molar-refractivity contribution >= 4 is 40.6 Å². The van der Waals surface area contributed by atoms with Gasteiger partial charge >= 0.3 is 18.0 Å². The van der Waals surface area contributed by atoms with E-state index in [9.17, 15) is 28.8 Å². The number of hydrogen-bond donors (Lipinski definition) is 2. The van der Waals surface area contributed by atoms with E-state index >= 15 is 0 Å². The Kier molecular flexibility index (Phi) is 8.46. The predicted molar refractivity (Wildman–Crippen MR) is 160 cm³/mol. The summed E-state index contributed by atoms with van der Waals surface area (Å²) < 4.78 is 17.7. The van der Waals surface area contributed by atoms with Crippen molar-refractivity contribution in [1.29, 1.82) is 0 Å². The van der Waals surface area contributed by atoms with Crippen LogP contribution >= 0.6 is 0 Å². The number of para-hydroxylation sites is 1. The summed E-state index contributed by atoms with van der Waals surface area (Å²) in [6.45, 7) is 5.81. The van der Waals surface area contributed by atoms with Gasteiger partial charge in [-0.25, -0.2) is 14.6 Å². The number of fused-ring (bicyclic) bond motifs is 5. The topological polar surface area (TPSA) is 172 Å². The number of nitrogens with one attached hydrogen (secondary N) is 2. The fourth-order valence-electron chi connectivity index (χ4n) is 5.40. The van der Waals surface area contributed by atoms with Crippen molar-refractivity contribution in [3.05, 3.63) is 63.4 Å². The molecule has 13 nitrogen and oxygen atoms in total. The van der Waals surface area contributed by atoms with Crippen molar-refractivity contribution in [3.63, 3.8) is 0 Å². The molecule has 2 aliphatic heterocycles. The molecule has 0 saturated heterocycles. The summed E-state index contributed by atoms with van der Waals surface area (Å²) in [4.78, 5) is 80.7. The number of nitrogens with zero attached hydrogens (tertiary/aromatic N) is 2. The highest BCUT2D eigenvalue weighted by Gasteiger charge is 2.50. The van der Waals surface area contributed by atoms with Crippen LogP contribution in [0.15, 0.2) is 41.2 Å². The molecule has 0 fully saturated rings. The number of cyclic esters (lactones) is 1. The zero-order valence-electron chi connectivity index (χ0n) is 25.5. The number of alkyl carbamates (subject to hydrolysis) is 1. The Hall–Kier alpha value is -5.07. The molecule has 13 heteroatoms. The number of hydrogen-bond acceptors (Lipinski definition) is 10. The van der Waals surface area contributed by atoms with Gasteiger partial charge in [-0.05, 0) is 45.4 Å². The largest absolute Gasteiger partial charge is 0.457 e. The van der Waals surface area contributed by atoms with Gasteiger partial charge in [-0.3, -0.25) is 19.2 Å². The summed E-state index contributed by atoms with van der Waals surface area (Å²) in [6.07, 6.45) is -1.21. The molecule has 3 aromatic rings. The SMILES string of the molecule is CC[C@@]1(OC(=O)CNC(=O)CCC(=O)CNC(=O)OC(C)(C)C)C(=O)OCc2c1cc1n(c2=O)Cc2cc3ccccc3nc2-1. The van der Waals surface area contributed by atoms with E-state index in [-0.39, 0.29) is 49.1 Å². The van der Waals surface area contributed by atoms with Crippen molar-refractivity contribution in [2.75, 3.05) is 13.1 Å². The molecule has 1 atom stereocenters. The van der Waals surface area contributed by atoms with Crippen molar-refractivity contribution in [2.45, 2.75) is 71.3 Å². The third-order valence-corrected chi connectivity index (χ3v) is 7.56. The summed E-state index contributed by atoms with van der Waals surface area (Å²) in [7, 11) is 0. The monoisotopic (exact) mass is 618 g/mol. The first kappa shape index (κ1) is 31.4. The predicted octanol–water partition coefficient (Wildman–Crippen LogP) is 2.62. The van der Waals surface area contributed by atoms with Crippen LogP contribution in [0.2, 0.25) is 0 Å². The second kappa shape index (κ2) is 12.1. The van der Waals surface area contributed by atoms with Crippen LogP contribution in [0.3, 0.4) is 0 Å². The van der Waals surface area contributed by atoms with Gasteiger partial charge < -0.3 is 29.4 Å². The lowest BCUT2D eigenvalue weighted by Gasteiger charge is -2.35. The number of benzene rings is 1.